The van der Waals surface area contributed by atoms with Crippen LogP contribution in [0.2, 0.25) is 0 Å². The highest BCUT2D eigenvalue weighted by Gasteiger charge is 2.05. The SMILES string of the molecule is CCSCCC(O)Cc1ccccn1. The Morgan fingerprint density at radius 3 is 3.00 bits per heavy atom. The van der Waals surface area contributed by atoms with Crippen LogP contribution in [-0.2, 0) is 6.42 Å². The molecule has 14 heavy (non-hydrogen) atoms. The summed E-state index contributed by atoms with van der Waals surface area (Å²) in [5.74, 6) is 2.15. The highest BCUT2D eigenvalue weighted by atomic mass is 32.2. The van der Waals surface area contributed by atoms with E-state index in [1.54, 1.807) is 6.20 Å². The van der Waals surface area contributed by atoms with Gasteiger partial charge in [0.05, 0.1) is 6.10 Å². The highest BCUT2D eigenvalue weighted by molar-refractivity contribution is 7.99. The molecule has 1 unspecified atom stereocenters. The van der Waals surface area contributed by atoms with Gasteiger partial charge in [0.25, 0.3) is 0 Å². The third-order valence-corrected chi connectivity index (χ3v) is 2.90. The molecule has 0 aliphatic carbocycles. The zero-order valence-electron chi connectivity index (χ0n) is 8.52. The van der Waals surface area contributed by atoms with Gasteiger partial charge in [-0.15, -0.1) is 0 Å². The molecule has 3 heteroatoms. The van der Waals surface area contributed by atoms with Crippen LogP contribution in [0.5, 0.6) is 0 Å². The molecule has 0 saturated carbocycles. The first-order valence-electron chi connectivity index (χ1n) is 4.98. The predicted molar refractivity (Wildman–Crippen MR) is 61.6 cm³/mol. The van der Waals surface area contributed by atoms with Crippen LogP contribution < -0.4 is 0 Å². The van der Waals surface area contributed by atoms with Gasteiger partial charge in [-0.25, -0.2) is 0 Å². The van der Waals surface area contributed by atoms with Gasteiger partial charge in [0.15, 0.2) is 0 Å². The maximum atomic E-state index is 9.68. The minimum absolute atomic E-state index is 0.246. The van der Waals surface area contributed by atoms with Crippen molar-refractivity contribution < 1.29 is 5.11 Å². The number of nitrogens with zero attached hydrogens (tertiary/aromatic N) is 1. The van der Waals surface area contributed by atoms with Crippen LogP contribution in [0.1, 0.15) is 19.0 Å². The molecule has 0 amide bonds. The summed E-state index contributed by atoms with van der Waals surface area (Å²) in [6.07, 6.45) is 3.05. The van der Waals surface area contributed by atoms with Crippen molar-refractivity contribution in [1.82, 2.24) is 4.98 Å². The van der Waals surface area contributed by atoms with E-state index in [0.717, 1.165) is 23.6 Å². The van der Waals surface area contributed by atoms with Crippen LogP contribution in [0.3, 0.4) is 0 Å². The Labute approximate surface area is 89.8 Å². The third kappa shape index (κ3) is 4.63. The van der Waals surface area contributed by atoms with Gasteiger partial charge in [0.1, 0.15) is 0 Å². The lowest BCUT2D eigenvalue weighted by atomic mass is 10.1. The van der Waals surface area contributed by atoms with Crippen LogP contribution in [0.25, 0.3) is 0 Å². The van der Waals surface area contributed by atoms with Crippen LogP contribution >= 0.6 is 11.8 Å². The van der Waals surface area contributed by atoms with Crippen molar-refractivity contribution in [1.29, 1.82) is 0 Å². The van der Waals surface area contributed by atoms with Crippen molar-refractivity contribution in [2.24, 2.45) is 0 Å². The first kappa shape index (κ1) is 11.5. The van der Waals surface area contributed by atoms with E-state index in [1.807, 2.05) is 30.0 Å². The number of rotatable bonds is 6. The smallest absolute Gasteiger partial charge is 0.0603 e. The molecule has 0 aliphatic heterocycles. The van der Waals surface area contributed by atoms with E-state index in [-0.39, 0.29) is 6.10 Å². The van der Waals surface area contributed by atoms with E-state index < -0.39 is 0 Å². The molecule has 0 saturated heterocycles. The molecular weight excluding hydrogens is 194 g/mol. The summed E-state index contributed by atoms with van der Waals surface area (Å²) in [5.41, 5.74) is 0.974. The molecule has 1 N–H and O–H groups in total. The van der Waals surface area contributed by atoms with Gasteiger partial charge in [-0.2, -0.15) is 11.8 Å². The number of hydrogen-bond donors (Lipinski definition) is 1. The van der Waals surface area contributed by atoms with Gasteiger partial charge in [-0.1, -0.05) is 13.0 Å². The molecule has 0 radical (unpaired) electrons. The van der Waals surface area contributed by atoms with Crippen LogP contribution in [0, 0.1) is 0 Å². The van der Waals surface area contributed by atoms with Crippen LogP contribution in [0.4, 0.5) is 0 Å². The fraction of sp³-hybridized carbons (Fsp3) is 0.545. The summed E-state index contributed by atoms with van der Waals surface area (Å²) in [5, 5.41) is 9.68. The zero-order chi connectivity index (χ0) is 10.2. The summed E-state index contributed by atoms with van der Waals surface area (Å²) in [4.78, 5) is 4.18. The van der Waals surface area contributed by atoms with Gasteiger partial charge in [0.2, 0.25) is 0 Å². The molecular formula is C11H17NOS. The maximum Gasteiger partial charge on any atom is 0.0603 e. The van der Waals surface area contributed by atoms with E-state index in [1.165, 1.54) is 0 Å². The third-order valence-electron chi connectivity index (χ3n) is 1.97. The Bertz CT molecular complexity index is 240. The predicted octanol–water partition coefficient (Wildman–Crippen LogP) is 2.13. The fourth-order valence-electron chi connectivity index (χ4n) is 1.23. The Kier molecular flexibility index (Phi) is 5.64. The lowest BCUT2D eigenvalue weighted by Crippen LogP contribution is -2.12. The first-order chi connectivity index (χ1) is 6.83. The monoisotopic (exact) mass is 211 g/mol. The fourth-order valence-corrected chi connectivity index (χ4v) is 1.95. The van der Waals surface area contributed by atoms with E-state index in [2.05, 4.69) is 11.9 Å². The molecule has 2 nitrogen and oxygen atoms in total. The van der Waals surface area contributed by atoms with E-state index in [0.29, 0.717) is 6.42 Å². The average molecular weight is 211 g/mol. The van der Waals surface area contributed by atoms with Gasteiger partial charge < -0.3 is 5.11 Å². The minimum Gasteiger partial charge on any atom is -0.393 e. The summed E-state index contributed by atoms with van der Waals surface area (Å²) in [6, 6.07) is 5.80. The number of thioether (sulfide) groups is 1. The van der Waals surface area contributed by atoms with Crippen molar-refractivity contribution >= 4 is 11.8 Å². The van der Waals surface area contributed by atoms with Gasteiger partial charge in [0, 0.05) is 18.3 Å². The molecule has 1 heterocycles. The first-order valence-corrected chi connectivity index (χ1v) is 6.14. The Balaban J connectivity index is 2.23. The van der Waals surface area contributed by atoms with Gasteiger partial charge in [-0.05, 0) is 30.1 Å². The number of aliphatic hydroxyl groups is 1. The van der Waals surface area contributed by atoms with Crippen molar-refractivity contribution in [3.05, 3.63) is 30.1 Å². The molecule has 1 aromatic heterocycles. The molecule has 0 aromatic carbocycles. The van der Waals surface area contributed by atoms with Crippen molar-refractivity contribution in [2.75, 3.05) is 11.5 Å². The summed E-state index contributed by atoms with van der Waals surface area (Å²) < 4.78 is 0. The molecule has 0 fully saturated rings. The average Bonchev–Trinajstić information content (AvgIpc) is 2.20. The van der Waals surface area contributed by atoms with Crippen molar-refractivity contribution in [2.45, 2.75) is 25.9 Å². The van der Waals surface area contributed by atoms with Crippen molar-refractivity contribution in [3.63, 3.8) is 0 Å². The van der Waals surface area contributed by atoms with Crippen molar-refractivity contribution in [3.8, 4) is 0 Å². The summed E-state index contributed by atoms with van der Waals surface area (Å²) in [7, 11) is 0. The standard InChI is InChI=1S/C11H17NOS/c1-2-14-8-6-11(13)9-10-5-3-4-7-12-10/h3-5,7,11,13H,2,6,8-9H2,1H3. The zero-order valence-corrected chi connectivity index (χ0v) is 9.33. The lowest BCUT2D eigenvalue weighted by molar-refractivity contribution is 0.171. The number of aromatic nitrogens is 1. The van der Waals surface area contributed by atoms with Gasteiger partial charge in [-0.3, -0.25) is 4.98 Å². The van der Waals surface area contributed by atoms with Gasteiger partial charge >= 0.3 is 0 Å². The normalized spacial score (nSPS) is 12.7. The molecule has 1 aromatic rings. The Morgan fingerprint density at radius 1 is 1.50 bits per heavy atom. The number of aliphatic hydroxyl groups excluding tert-OH is 1. The second-order valence-corrected chi connectivity index (χ2v) is 4.56. The topological polar surface area (TPSA) is 33.1 Å². The van der Waals surface area contributed by atoms with Crippen LogP contribution in [0.15, 0.2) is 24.4 Å². The molecule has 1 atom stereocenters. The minimum atomic E-state index is -0.246. The second kappa shape index (κ2) is 6.85. The quantitative estimate of drug-likeness (QED) is 0.732. The summed E-state index contributed by atoms with van der Waals surface area (Å²) >= 11 is 1.87. The highest BCUT2D eigenvalue weighted by Crippen LogP contribution is 2.07. The van der Waals surface area contributed by atoms with E-state index in [4.69, 9.17) is 0 Å². The molecule has 0 aliphatic rings. The van der Waals surface area contributed by atoms with E-state index >= 15 is 0 Å². The maximum absolute atomic E-state index is 9.68. The molecule has 0 bridgehead atoms. The second-order valence-electron chi connectivity index (χ2n) is 3.16. The largest absolute Gasteiger partial charge is 0.393 e. The summed E-state index contributed by atoms with van der Waals surface area (Å²) in [6.45, 7) is 2.13. The number of hydrogen-bond acceptors (Lipinski definition) is 3. The Hall–Kier alpha value is -0.540. The van der Waals surface area contributed by atoms with Crippen LogP contribution in [-0.4, -0.2) is 27.7 Å². The lowest BCUT2D eigenvalue weighted by Gasteiger charge is -2.08. The van der Waals surface area contributed by atoms with E-state index in [9.17, 15) is 5.11 Å². The molecule has 1 rings (SSSR count). The number of pyridine rings is 1. The Morgan fingerprint density at radius 2 is 2.36 bits per heavy atom. The molecule has 78 valence electrons. The molecule has 0 spiro atoms.